The molecule has 2 aromatic rings. The first-order valence-electron chi connectivity index (χ1n) is 5.05. The topological polar surface area (TPSA) is 26.0 Å². The zero-order valence-corrected chi connectivity index (χ0v) is 11.4. The van der Waals surface area contributed by atoms with Gasteiger partial charge in [0.05, 0.1) is 11.6 Å². The summed E-state index contributed by atoms with van der Waals surface area (Å²) in [5.74, 6) is 0. The average molecular weight is 336 g/mol. The lowest BCUT2D eigenvalue weighted by Gasteiger charge is -2.15. The minimum Gasteiger partial charge on any atom is -0.320 e. The van der Waals surface area contributed by atoms with Crippen LogP contribution in [0.15, 0.2) is 40.2 Å². The third kappa shape index (κ3) is 2.76. The molecule has 2 rings (SSSR count). The monoisotopic (exact) mass is 335 g/mol. The number of hydrogen-bond acceptors (Lipinski definition) is 2. The van der Waals surface area contributed by atoms with Gasteiger partial charge in [-0.3, -0.25) is 0 Å². The highest BCUT2D eigenvalue weighted by Gasteiger charge is 2.31. The Bertz CT molecular complexity index is 537. The number of rotatable bonds is 2. The second-order valence-electron chi connectivity index (χ2n) is 3.73. The summed E-state index contributed by atoms with van der Waals surface area (Å²) in [6, 6.07) is 6.58. The highest BCUT2D eigenvalue weighted by Crippen LogP contribution is 2.35. The fraction of sp³-hybridized carbons (Fsp3) is 0.167. The van der Waals surface area contributed by atoms with E-state index in [0.29, 0.717) is 10.0 Å². The van der Waals surface area contributed by atoms with Crippen molar-refractivity contribution in [1.29, 1.82) is 0 Å². The van der Waals surface area contributed by atoms with Gasteiger partial charge in [0.1, 0.15) is 0 Å². The highest BCUT2D eigenvalue weighted by atomic mass is 79.9. The van der Waals surface area contributed by atoms with Gasteiger partial charge in [-0.2, -0.15) is 13.2 Å². The van der Waals surface area contributed by atoms with E-state index >= 15 is 0 Å². The molecule has 1 unspecified atom stereocenters. The average Bonchev–Trinajstić information content (AvgIpc) is 2.80. The Morgan fingerprint density at radius 3 is 2.50 bits per heavy atom. The van der Waals surface area contributed by atoms with Crippen LogP contribution in [0.4, 0.5) is 13.2 Å². The maximum Gasteiger partial charge on any atom is 0.416 e. The summed E-state index contributed by atoms with van der Waals surface area (Å²) < 4.78 is 38.5. The predicted molar refractivity (Wildman–Crippen MR) is 69.5 cm³/mol. The van der Waals surface area contributed by atoms with Crippen molar-refractivity contribution in [3.05, 3.63) is 56.2 Å². The van der Waals surface area contributed by atoms with Crippen LogP contribution in [0.5, 0.6) is 0 Å². The predicted octanol–water partition coefficient (Wildman–Crippen LogP) is 4.58. The number of alkyl halides is 3. The summed E-state index contributed by atoms with van der Waals surface area (Å²) in [5.41, 5.74) is 5.74. The Morgan fingerprint density at radius 2 is 1.94 bits per heavy atom. The number of hydrogen-bond donors (Lipinski definition) is 1. The SMILES string of the molecule is NC(c1cccs1)c1cc(C(F)(F)F)ccc1Br. The van der Waals surface area contributed by atoms with Crippen molar-refractivity contribution in [1.82, 2.24) is 0 Å². The third-order valence-electron chi connectivity index (χ3n) is 2.51. The Morgan fingerprint density at radius 1 is 1.22 bits per heavy atom. The first-order chi connectivity index (χ1) is 8.39. The molecule has 0 amide bonds. The third-order valence-corrected chi connectivity index (χ3v) is 4.19. The molecule has 0 bridgehead atoms. The van der Waals surface area contributed by atoms with E-state index in [1.807, 2.05) is 17.5 Å². The summed E-state index contributed by atoms with van der Waals surface area (Å²) in [5, 5.41) is 1.84. The molecule has 0 aliphatic carbocycles. The van der Waals surface area contributed by atoms with Crippen molar-refractivity contribution in [2.75, 3.05) is 0 Å². The van der Waals surface area contributed by atoms with Gasteiger partial charge in [-0.25, -0.2) is 0 Å². The number of halogens is 4. The van der Waals surface area contributed by atoms with Gasteiger partial charge in [-0.05, 0) is 35.2 Å². The molecule has 0 aliphatic rings. The molecule has 2 N–H and O–H groups in total. The van der Waals surface area contributed by atoms with Gasteiger partial charge in [0.2, 0.25) is 0 Å². The zero-order valence-electron chi connectivity index (χ0n) is 9.04. The van der Waals surface area contributed by atoms with Crippen LogP contribution in [0.25, 0.3) is 0 Å². The van der Waals surface area contributed by atoms with Crippen LogP contribution in [-0.2, 0) is 6.18 Å². The van der Waals surface area contributed by atoms with E-state index in [9.17, 15) is 13.2 Å². The van der Waals surface area contributed by atoms with Gasteiger partial charge in [-0.15, -0.1) is 11.3 Å². The van der Waals surface area contributed by atoms with Gasteiger partial charge >= 0.3 is 6.18 Å². The molecule has 0 fully saturated rings. The molecule has 96 valence electrons. The van der Waals surface area contributed by atoms with Crippen molar-refractivity contribution in [2.45, 2.75) is 12.2 Å². The molecule has 0 aliphatic heterocycles. The van der Waals surface area contributed by atoms with Gasteiger partial charge in [-0.1, -0.05) is 22.0 Å². The van der Waals surface area contributed by atoms with Crippen molar-refractivity contribution in [3.8, 4) is 0 Å². The molecule has 1 atom stereocenters. The second-order valence-corrected chi connectivity index (χ2v) is 5.56. The minimum absolute atomic E-state index is 0.437. The van der Waals surface area contributed by atoms with Gasteiger partial charge < -0.3 is 5.73 Å². The van der Waals surface area contributed by atoms with E-state index < -0.39 is 17.8 Å². The number of thiophene rings is 1. The van der Waals surface area contributed by atoms with E-state index in [1.165, 1.54) is 17.4 Å². The largest absolute Gasteiger partial charge is 0.416 e. The molecule has 1 aromatic heterocycles. The van der Waals surface area contributed by atoms with Crippen LogP contribution in [-0.4, -0.2) is 0 Å². The quantitative estimate of drug-likeness (QED) is 0.854. The van der Waals surface area contributed by atoms with Crippen molar-refractivity contribution < 1.29 is 13.2 Å². The Kier molecular flexibility index (Phi) is 3.79. The van der Waals surface area contributed by atoms with Crippen molar-refractivity contribution >= 4 is 27.3 Å². The minimum atomic E-state index is -4.36. The fourth-order valence-electron chi connectivity index (χ4n) is 1.58. The maximum absolute atomic E-state index is 12.7. The van der Waals surface area contributed by atoms with Crippen molar-refractivity contribution in [2.24, 2.45) is 5.73 Å². The normalized spacial score (nSPS) is 13.6. The summed E-state index contributed by atoms with van der Waals surface area (Å²) in [7, 11) is 0. The Hall–Kier alpha value is -0.850. The molecule has 0 saturated carbocycles. The molecular weight excluding hydrogens is 327 g/mol. The van der Waals surface area contributed by atoms with Crippen LogP contribution in [0.3, 0.4) is 0 Å². The summed E-state index contributed by atoms with van der Waals surface area (Å²) in [4.78, 5) is 0.829. The maximum atomic E-state index is 12.7. The zero-order chi connectivity index (χ0) is 13.3. The fourth-order valence-corrected chi connectivity index (χ4v) is 2.82. The van der Waals surface area contributed by atoms with Gasteiger partial charge in [0.25, 0.3) is 0 Å². The van der Waals surface area contributed by atoms with Crippen LogP contribution < -0.4 is 5.73 Å². The molecular formula is C12H9BrF3NS. The molecule has 0 radical (unpaired) electrons. The number of nitrogens with two attached hydrogens (primary N) is 1. The molecule has 1 heterocycles. The Labute approximate surface area is 115 Å². The van der Waals surface area contributed by atoms with Crippen molar-refractivity contribution in [3.63, 3.8) is 0 Å². The van der Waals surface area contributed by atoms with Crippen LogP contribution >= 0.6 is 27.3 Å². The van der Waals surface area contributed by atoms with Crippen LogP contribution in [0.1, 0.15) is 22.0 Å². The second kappa shape index (κ2) is 5.03. The standard InChI is InChI=1S/C12H9BrF3NS/c13-9-4-3-7(12(14,15)16)6-8(9)11(17)10-2-1-5-18-10/h1-6,11H,17H2. The van der Waals surface area contributed by atoms with E-state index in [2.05, 4.69) is 15.9 Å². The van der Waals surface area contributed by atoms with E-state index in [-0.39, 0.29) is 0 Å². The lowest BCUT2D eigenvalue weighted by Crippen LogP contribution is -2.13. The molecule has 1 aromatic carbocycles. The first-order valence-corrected chi connectivity index (χ1v) is 6.72. The summed E-state index contributed by atoms with van der Waals surface area (Å²) in [6.07, 6.45) is -4.36. The summed E-state index contributed by atoms with van der Waals surface area (Å²) in [6.45, 7) is 0. The van der Waals surface area contributed by atoms with Crippen LogP contribution in [0.2, 0.25) is 0 Å². The molecule has 6 heteroatoms. The molecule has 0 saturated heterocycles. The van der Waals surface area contributed by atoms with E-state index in [1.54, 1.807) is 0 Å². The summed E-state index contributed by atoms with van der Waals surface area (Å²) >= 11 is 4.66. The lowest BCUT2D eigenvalue weighted by atomic mass is 10.0. The molecule has 18 heavy (non-hydrogen) atoms. The van der Waals surface area contributed by atoms with Crippen LogP contribution in [0, 0.1) is 0 Å². The van der Waals surface area contributed by atoms with E-state index in [4.69, 9.17) is 5.73 Å². The molecule has 1 nitrogen and oxygen atoms in total. The number of benzene rings is 1. The Balaban J connectivity index is 2.44. The first kappa shape index (κ1) is 13.6. The smallest absolute Gasteiger partial charge is 0.320 e. The van der Waals surface area contributed by atoms with Gasteiger partial charge in [0, 0.05) is 9.35 Å². The van der Waals surface area contributed by atoms with E-state index in [0.717, 1.165) is 17.0 Å². The highest BCUT2D eigenvalue weighted by molar-refractivity contribution is 9.10. The van der Waals surface area contributed by atoms with Gasteiger partial charge in [0.15, 0.2) is 0 Å². The molecule has 0 spiro atoms. The lowest BCUT2D eigenvalue weighted by molar-refractivity contribution is -0.137.